The van der Waals surface area contributed by atoms with Crippen LogP contribution in [-0.4, -0.2) is 43.3 Å². The first-order chi connectivity index (χ1) is 8.52. The molecule has 98 valence electrons. The summed E-state index contributed by atoms with van der Waals surface area (Å²) < 4.78 is 13.9. The summed E-state index contributed by atoms with van der Waals surface area (Å²) in [4.78, 5) is 45.7. The SMILES string of the molecule is CCOC(=O)C(=O)C1=C(C(=O)OCC)OCC1=O. The van der Waals surface area contributed by atoms with Crippen molar-refractivity contribution in [2.45, 2.75) is 13.8 Å². The van der Waals surface area contributed by atoms with Crippen molar-refractivity contribution in [3.05, 3.63) is 11.3 Å². The van der Waals surface area contributed by atoms with Crippen LogP contribution in [-0.2, 0) is 33.4 Å². The predicted octanol–water partition coefficient (Wildman–Crippen LogP) is -0.465. The Morgan fingerprint density at radius 1 is 1.17 bits per heavy atom. The molecule has 1 rings (SSSR count). The fraction of sp³-hybridized carbons (Fsp3) is 0.455. The molecular weight excluding hydrogens is 244 g/mol. The second-order valence-electron chi connectivity index (χ2n) is 3.19. The lowest BCUT2D eigenvalue weighted by atomic mass is 10.1. The third kappa shape index (κ3) is 2.73. The van der Waals surface area contributed by atoms with E-state index in [-0.39, 0.29) is 13.2 Å². The van der Waals surface area contributed by atoms with E-state index in [0.29, 0.717) is 0 Å². The highest BCUT2D eigenvalue weighted by Crippen LogP contribution is 2.19. The number of ketones is 2. The lowest BCUT2D eigenvalue weighted by molar-refractivity contribution is -0.152. The molecule has 0 unspecified atom stereocenters. The standard InChI is InChI=1S/C11H12O7/c1-3-16-10(14)8(13)7-6(12)5-18-9(7)11(15)17-4-2/h3-5H2,1-2H3. The molecule has 0 atom stereocenters. The van der Waals surface area contributed by atoms with Crippen molar-refractivity contribution in [3.63, 3.8) is 0 Å². The Morgan fingerprint density at radius 2 is 1.78 bits per heavy atom. The monoisotopic (exact) mass is 256 g/mol. The molecule has 7 heteroatoms. The van der Waals surface area contributed by atoms with Gasteiger partial charge in [0.2, 0.25) is 11.5 Å². The number of hydrogen-bond acceptors (Lipinski definition) is 7. The summed E-state index contributed by atoms with van der Waals surface area (Å²) >= 11 is 0. The molecule has 0 amide bonds. The Bertz CT molecular complexity index is 433. The van der Waals surface area contributed by atoms with Crippen LogP contribution in [0.4, 0.5) is 0 Å². The Hall–Kier alpha value is -2.18. The second kappa shape index (κ2) is 5.95. The molecule has 0 saturated heterocycles. The maximum Gasteiger partial charge on any atom is 0.379 e. The molecule has 0 fully saturated rings. The maximum atomic E-state index is 11.6. The van der Waals surface area contributed by atoms with E-state index in [2.05, 4.69) is 9.47 Å². The summed E-state index contributed by atoms with van der Waals surface area (Å²) in [6.45, 7) is 2.65. The molecule has 0 saturated carbocycles. The zero-order valence-electron chi connectivity index (χ0n) is 9.98. The molecular formula is C11H12O7. The van der Waals surface area contributed by atoms with Gasteiger partial charge in [-0.1, -0.05) is 0 Å². The molecule has 18 heavy (non-hydrogen) atoms. The van der Waals surface area contributed by atoms with E-state index < -0.39 is 41.4 Å². The lowest BCUT2D eigenvalue weighted by Crippen LogP contribution is -2.24. The zero-order valence-corrected chi connectivity index (χ0v) is 9.98. The van der Waals surface area contributed by atoms with E-state index in [9.17, 15) is 19.2 Å². The van der Waals surface area contributed by atoms with E-state index in [4.69, 9.17) is 4.74 Å². The minimum Gasteiger partial charge on any atom is -0.478 e. The summed E-state index contributed by atoms with van der Waals surface area (Å²) in [7, 11) is 0. The summed E-state index contributed by atoms with van der Waals surface area (Å²) in [6.07, 6.45) is 0. The summed E-state index contributed by atoms with van der Waals surface area (Å²) in [5, 5.41) is 0. The molecule has 0 spiro atoms. The largest absolute Gasteiger partial charge is 0.478 e. The highest BCUT2D eigenvalue weighted by atomic mass is 16.6. The van der Waals surface area contributed by atoms with E-state index in [1.54, 1.807) is 6.92 Å². The summed E-state index contributed by atoms with van der Waals surface area (Å²) in [5.74, 6) is -4.61. The Labute approximate surface area is 103 Å². The normalized spacial score (nSPS) is 14.2. The smallest absolute Gasteiger partial charge is 0.379 e. The van der Waals surface area contributed by atoms with Gasteiger partial charge >= 0.3 is 11.9 Å². The molecule has 1 aliphatic heterocycles. The van der Waals surface area contributed by atoms with Crippen LogP contribution >= 0.6 is 0 Å². The van der Waals surface area contributed by atoms with Crippen molar-refractivity contribution < 1.29 is 33.4 Å². The van der Waals surface area contributed by atoms with Gasteiger partial charge in [0.1, 0.15) is 5.57 Å². The molecule has 0 aromatic heterocycles. The molecule has 0 aromatic rings. The highest BCUT2D eigenvalue weighted by molar-refractivity contribution is 6.48. The predicted molar refractivity (Wildman–Crippen MR) is 56.3 cm³/mol. The van der Waals surface area contributed by atoms with Gasteiger partial charge in [0.25, 0.3) is 5.78 Å². The number of ether oxygens (including phenoxy) is 3. The number of carbonyl (C=O) groups is 4. The molecule has 0 aliphatic carbocycles. The highest BCUT2D eigenvalue weighted by Gasteiger charge is 2.38. The van der Waals surface area contributed by atoms with Gasteiger partial charge in [-0.3, -0.25) is 9.59 Å². The molecule has 1 aliphatic rings. The number of carbonyl (C=O) groups excluding carboxylic acids is 4. The van der Waals surface area contributed by atoms with E-state index in [1.807, 2.05) is 0 Å². The zero-order chi connectivity index (χ0) is 13.7. The van der Waals surface area contributed by atoms with Crippen LogP contribution in [0, 0.1) is 0 Å². The third-order valence-corrected chi connectivity index (χ3v) is 2.00. The van der Waals surface area contributed by atoms with Gasteiger partial charge in [0.15, 0.2) is 6.61 Å². The first-order valence-electron chi connectivity index (χ1n) is 5.31. The number of Topliss-reactive ketones (excluding diaryl/α,β-unsaturated/α-hetero) is 2. The van der Waals surface area contributed by atoms with Crippen LogP contribution in [0.15, 0.2) is 11.3 Å². The van der Waals surface area contributed by atoms with Crippen molar-refractivity contribution in [2.75, 3.05) is 19.8 Å². The fourth-order valence-electron chi connectivity index (χ4n) is 1.29. The van der Waals surface area contributed by atoms with E-state index in [0.717, 1.165) is 0 Å². The van der Waals surface area contributed by atoms with Gasteiger partial charge in [-0.25, -0.2) is 9.59 Å². The van der Waals surface area contributed by atoms with Gasteiger partial charge in [0, 0.05) is 0 Å². The van der Waals surface area contributed by atoms with Gasteiger partial charge in [-0.15, -0.1) is 0 Å². The van der Waals surface area contributed by atoms with Gasteiger partial charge < -0.3 is 14.2 Å². The molecule has 0 radical (unpaired) electrons. The average molecular weight is 256 g/mol. The quantitative estimate of drug-likeness (QED) is 0.373. The van der Waals surface area contributed by atoms with Crippen LogP contribution in [0.25, 0.3) is 0 Å². The molecule has 0 N–H and O–H groups in total. The van der Waals surface area contributed by atoms with Gasteiger partial charge in [0.05, 0.1) is 13.2 Å². The Kier molecular flexibility index (Phi) is 4.59. The van der Waals surface area contributed by atoms with Gasteiger partial charge in [-0.05, 0) is 13.8 Å². The molecule has 0 bridgehead atoms. The molecule has 1 heterocycles. The maximum absolute atomic E-state index is 11.6. The van der Waals surface area contributed by atoms with Crippen molar-refractivity contribution in [3.8, 4) is 0 Å². The molecule has 7 nitrogen and oxygen atoms in total. The van der Waals surface area contributed by atoms with E-state index in [1.165, 1.54) is 6.92 Å². The Morgan fingerprint density at radius 3 is 2.33 bits per heavy atom. The van der Waals surface area contributed by atoms with Crippen molar-refractivity contribution in [1.82, 2.24) is 0 Å². The van der Waals surface area contributed by atoms with E-state index >= 15 is 0 Å². The van der Waals surface area contributed by atoms with Crippen LogP contribution in [0.2, 0.25) is 0 Å². The molecule has 0 aromatic carbocycles. The van der Waals surface area contributed by atoms with Crippen LogP contribution < -0.4 is 0 Å². The minimum atomic E-state index is -1.20. The second-order valence-corrected chi connectivity index (χ2v) is 3.19. The van der Waals surface area contributed by atoms with Gasteiger partial charge in [-0.2, -0.15) is 0 Å². The van der Waals surface area contributed by atoms with Crippen LogP contribution in [0.3, 0.4) is 0 Å². The summed E-state index contributed by atoms with van der Waals surface area (Å²) in [6, 6.07) is 0. The minimum absolute atomic E-state index is 0.0123. The number of rotatable bonds is 5. The first-order valence-corrected chi connectivity index (χ1v) is 5.31. The first kappa shape index (κ1) is 13.9. The number of esters is 2. The fourth-order valence-corrected chi connectivity index (χ4v) is 1.29. The van der Waals surface area contributed by atoms with Crippen molar-refractivity contribution >= 4 is 23.5 Å². The van der Waals surface area contributed by atoms with Crippen LogP contribution in [0.1, 0.15) is 13.8 Å². The number of hydrogen-bond donors (Lipinski definition) is 0. The van der Waals surface area contributed by atoms with Crippen molar-refractivity contribution in [1.29, 1.82) is 0 Å². The van der Waals surface area contributed by atoms with Crippen LogP contribution in [0.5, 0.6) is 0 Å². The average Bonchev–Trinajstić information content (AvgIpc) is 2.71. The lowest BCUT2D eigenvalue weighted by Gasteiger charge is -2.04. The summed E-state index contributed by atoms with van der Waals surface area (Å²) in [5.41, 5.74) is -0.605. The van der Waals surface area contributed by atoms with Crippen molar-refractivity contribution in [2.24, 2.45) is 0 Å². The topological polar surface area (TPSA) is 96.0 Å². The third-order valence-electron chi connectivity index (χ3n) is 2.00. The Balaban J connectivity index is 3.02.